The van der Waals surface area contributed by atoms with Crippen molar-refractivity contribution in [2.75, 3.05) is 19.6 Å². The van der Waals surface area contributed by atoms with Crippen LogP contribution >= 0.6 is 0 Å². The van der Waals surface area contributed by atoms with Crippen molar-refractivity contribution in [3.63, 3.8) is 0 Å². The lowest BCUT2D eigenvalue weighted by molar-refractivity contribution is -0.124. The Morgan fingerprint density at radius 3 is 2.88 bits per heavy atom. The summed E-state index contributed by atoms with van der Waals surface area (Å²) in [5, 5.41) is 3.19. The van der Waals surface area contributed by atoms with Gasteiger partial charge in [0.05, 0.1) is 0 Å². The quantitative estimate of drug-likeness (QED) is 0.749. The Morgan fingerprint density at radius 1 is 1.44 bits per heavy atom. The minimum Gasteiger partial charge on any atom is -0.368 e. The van der Waals surface area contributed by atoms with E-state index in [0.29, 0.717) is 6.54 Å². The lowest BCUT2D eigenvalue weighted by Crippen LogP contribution is -2.56. The standard InChI is InChI=1S/C12H17N3O/c13-12(16)11-8-14-6-7-15(11)9-10-4-2-1-3-5-10/h1-5,11,14H,6-9H2,(H2,13,16)/t11-/m1/s1. The number of piperazine rings is 1. The SMILES string of the molecule is NC(=O)[C@H]1CNCCN1Cc1ccccc1. The van der Waals surface area contributed by atoms with Crippen molar-refractivity contribution in [2.45, 2.75) is 12.6 Å². The second kappa shape index (κ2) is 5.09. The minimum atomic E-state index is -0.247. The van der Waals surface area contributed by atoms with Crippen LogP contribution in [0.3, 0.4) is 0 Å². The number of hydrogen-bond donors (Lipinski definition) is 2. The van der Waals surface area contributed by atoms with E-state index in [2.05, 4.69) is 22.3 Å². The van der Waals surface area contributed by atoms with Gasteiger partial charge in [-0.25, -0.2) is 0 Å². The second-order valence-corrected chi connectivity index (χ2v) is 4.08. The predicted molar refractivity (Wildman–Crippen MR) is 62.7 cm³/mol. The molecule has 1 aliphatic heterocycles. The fourth-order valence-corrected chi connectivity index (χ4v) is 2.03. The first-order valence-electron chi connectivity index (χ1n) is 5.55. The van der Waals surface area contributed by atoms with Gasteiger partial charge in [-0.05, 0) is 5.56 Å². The average Bonchev–Trinajstić information content (AvgIpc) is 2.31. The fourth-order valence-electron chi connectivity index (χ4n) is 2.03. The van der Waals surface area contributed by atoms with Crippen LogP contribution < -0.4 is 11.1 Å². The van der Waals surface area contributed by atoms with E-state index >= 15 is 0 Å². The van der Waals surface area contributed by atoms with Crippen LogP contribution in [0.1, 0.15) is 5.56 Å². The van der Waals surface area contributed by atoms with Gasteiger partial charge < -0.3 is 11.1 Å². The molecule has 0 aromatic heterocycles. The Balaban J connectivity index is 2.04. The van der Waals surface area contributed by atoms with Crippen molar-refractivity contribution >= 4 is 5.91 Å². The summed E-state index contributed by atoms with van der Waals surface area (Å²) in [4.78, 5) is 13.4. The van der Waals surface area contributed by atoms with E-state index in [-0.39, 0.29) is 11.9 Å². The molecule has 2 rings (SSSR count). The molecule has 16 heavy (non-hydrogen) atoms. The average molecular weight is 219 g/mol. The van der Waals surface area contributed by atoms with Crippen molar-refractivity contribution in [3.8, 4) is 0 Å². The van der Waals surface area contributed by atoms with Crippen molar-refractivity contribution < 1.29 is 4.79 Å². The molecular weight excluding hydrogens is 202 g/mol. The number of hydrogen-bond acceptors (Lipinski definition) is 3. The van der Waals surface area contributed by atoms with Gasteiger partial charge in [0.1, 0.15) is 6.04 Å². The van der Waals surface area contributed by atoms with E-state index in [9.17, 15) is 4.79 Å². The molecule has 1 aliphatic rings. The van der Waals surface area contributed by atoms with Crippen molar-refractivity contribution in [3.05, 3.63) is 35.9 Å². The van der Waals surface area contributed by atoms with E-state index in [1.165, 1.54) is 5.56 Å². The highest BCUT2D eigenvalue weighted by Gasteiger charge is 2.26. The zero-order chi connectivity index (χ0) is 11.4. The molecule has 0 aliphatic carbocycles. The number of carbonyl (C=O) groups is 1. The molecule has 1 fully saturated rings. The van der Waals surface area contributed by atoms with Crippen LogP contribution in [0, 0.1) is 0 Å². The summed E-state index contributed by atoms with van der Waals surface area (Å²) in [5.41, 5.74) is 6.61. The van der Waals surface area contributed by atoms with Gasteiger partial charge in [-0.3, -0.25) is 9.69 Å². The predicted octanol–water partition coefficient (Wildman–Crippen LogP) is -0.0543. The summed E-state index contributed by atoms with van der Waals surface area (Å²) >= 11 is 0. The van der Waals surface area contributed by atoms with Gasteiger partial charge in [0.15, 0.2) is 0 Å². The van der Waals surface area contributed by atoms with Crippen molar-refractivity contribution in [2.24, 2.45) is 5.73 Å². The third kappa shape index (κ3) is 2.59. The summed E-state index contributed by atoms with van der Waals surface area (Å²) in [7, 11) is 0. The molecular formula is C12H17N3O. The molecule has 0 unspecified atom stereocenters. The highest BCUT2D eigenvalue weighted by molar-refractivity contribution is 5.80. The van der Waals surface area contributed by atoms with Gasteiger partial charge in [-0.15, -0.1) is 0 Å². The molecule has 4 heteroatoms. The number of primary amides is 1. The molecule has 1 saturated heterocycles. The molecule has 1 aromatic carbocycles. The molecule has 1 atom stereocenters. The maximum atomic E-state index is 11.3. The first-order chi connectivity index (χ1) is 7.77. The van der Waals surface area contributed by atoms with Gasteiger partial charge in [-0.1, -0.05) is 30.3 Å². The lowest BCUT2D eigenvalue weighted by atomic mass is 10.1. The summed E-state index contributed by atoms with van der Waals surface area (Å²) in [6.07, 6.45) is 0. The molecule has 0 spiro atoms. The normalized spacial score (nSPS) is 21.9. The summed E-state index contributed by atoms with van der Waals surface area (Å²) < 4.78 is 0. The second-order valence-electron chi connectivity index (χ2n) is 4.08. The molecule has 1 aromatic rings. The minimum absolute atomic E-state index is 0.186. The lowest BCUT2D eigenvalue weighted by Gasteiger charge is -2.34. The van der Waals surface area contributed by atoms with Crippen LogP contribution in [0.4, 0.5) is 0 Å². The number of nitrogens with zero attached hydrogens (tertiary/aromatic N) is 1. The van der Waals surface area contributed by atoms with Crippen LogP contribution in [0.2, 0.25) is 0 Å². The summed E-state index contributed by atoms with van der Waals surface area (Å²) in [6.45, 7) is 3.22. The van der Waals surface area contributed by atoms with Crippen LogP contribution in [0.25, 0.3) is 0 Å². The third-order valence-electron chi connectivity index (χ3n) is 2.91. The molecule has 3 N–H and O–H groups in total. The number of nitrogens with one attached hydrogen (secondary N) is 1. The Morgan fingerprint density at radius 2 is 2.19 bits per heavy atom. The smallest absolute Gasteiger partial charge is 0.236 e. The van der Waals surface area contributed by atoms with E-state index < -0.39 is 0 Å². The molecule has 86 valence electrons. The number of nitrogens with two attached hydrogens (primary N) is 1. The van der Waals surface area contributed by atoms with E-state index in [1.54, 1.807) is 0 Å². The number of carbonyl (C=O) groups excluding carboxylic acids is 1. The maximum absolute atomic E-state index is 11.3. The Kier molecular flexibility index (Phi) is 3.54. The number of amides is 1. The van der Waals surface area contributed by atoms with Crippen molar-refractivity contribution in [1.29, 1.82) is 0 Å². The first kappa shape index (κ1) is 11.1. The zero-order valence-corrected chi connectivity index (χ0v) is 9.23. The largest absolute Gasteiger partial charge is 0.368 e. The van der Waals surface area contributed by atoms with E-state index in [1.807, 2.05) is 18.2 Å². The molecule has 0 saturated carbocycles. The molecule has 0 radical (unpaired) electrons. The molecule has 1 heterocycles. The van der Waals surface area contributed by atoms with Crippen molar-refractivity contribution in [1.82, 2.24) is 10.2 Å². The van der Waals surface area contributed by atoms with Gasteiger partial charge in [0.2, 0.25) is 5.91 Å². The summed E-state index contributed by atoms with van der Waals surface area (Å²) in [6, 6.07) is 9.97. The number of benzene rings is 1. The zero-order valence-electron chi connectivity index (χ0n) is 9.23. The van der Waals surface area contributed by atoms with Crippen LogP contribution in [0.15, 0.2) is 30.3 Å². The Bertz CT molecular complexity index is 353. The van der Waals surface area contributed by atoms with Crippen LogP contribution in [-0.2, 0) is 11.3 Å². The van der Waals surface area contributed by atoms with Gasteiger partial charge in [-0.2, -0.15) is 0 Å². The number of rotatable bonds is 3. The van der Waals surface area contributed by atoms with E-state index in [0.717, 1.165) is 19.6 Å². The van der Waals surface area contributed by atoms with Gasteiger partial charge in [0, 0.05) is 26.2 Å². The molecule has 0 bridgehead atoms. The van der Waals surface area contributed by atoms with Crippen LogP contribution in [0.5, 0.6) is 0 Å². The first-order valence-corrected chi connectivity index (χ1v) is 5.55. The Labute approximate surface area is 95.4 Å². The Hall–Kier alpha value is -1.39. The van der Waals surface area contributed by atoms with Gasteiger partial charge >= 0.3 is 0 Å². The fraction of sp³-hybridized carbons (Fsp3) is 0.417. The molecule has 4 nitrogen and oxygen atoms in total. The highest BCUT2D eigenvalue weighted by atomic mass is 16.1. The summed E-state index contributed by atoms with van der Waals surface area (Å²) in [5.74, 6) is -0.247. The maximum Gasteiger partial charge on any atom is 0.236 e. The monoisotopic (exact) mass is 219 g/mol. The third-order valence-corrected chi connectivity index (χ3v) is 2.91. The van der Waals surface area contributed by atoms with Crippen LogP contribution in [-0.4, -0.2) is 36.5 Å². The van der Waals surface area contributed by atoms with Gasteiger partial charge in [0.25, 0.3) is 0 Å². The topological polar surface area (TPSA) is 58.4 Å². The highest BCUT2D eigenvalue weighted by Crippen LogP contribution is 2.09. The molecule has 1 amide bonds. The van der Waals surface area contributed by atoms with E-state index in [4.69, 9.17) is 5.73 Å².